The standard InChI is InChI=1S/C19H24N2O6/c22-16(14-27-17-5-1-4-15(10-17)21(23)24)11-20(12-18-6-2-8-25-18)13-19-7-3-9-26-19/h1-2,4-6,8,10,16,19,22H,3,7,9,11-14H2. The van der Waals surface area contributed by atoms with Crippen LogP contribution in [0.15, 0.2) is 47.1 Å². The molecule has 1 aromatic heterocycles. The van der Waals surface area contributed by atoms with Gasteiger partial charge in [-0.25, -0.2) is 0 Å². The van der Waals surface area contributed by atoms with E-state index in [4.69, 9.17) is 13.9 Å². The maximum absolute atomic E-state index is 10.8. The smallest absolute Gasteiger partial charge is 0.273 e. The van der Waals surface area contributed by atoms with Crippen LogP contribution < -0.4 is 4.74 Å². The predicted octanol–water partition coefficient (Wildman–Crippen LogP) is 2.61. The van der Waals surface area contributed by atoms with Crippen LogP contribution in [0, 0.1) is 10.1 Å². The Hall–Kier alpha value is -2.42. The van der Waals surface area contributed by atoms with Crippen LogP contribution in [0.1, 0.15) is 18.6 Å². The van der Waals surface area contributed by atoms with Crippen molar-refractivity contribution in [1.29, 1.82) is 0 Å². The third kappa shape index (κ3) is 6.06. The maximum Gasteiger partial charge on any atom is 0.273 e. The van der Waals surface area contributed by atoms with Gasteiger partial charge in [0.1, 0.15) is 24.2 Å². The van der Waals surface area contributed by atoms with E-state index in [1.165, 1.54) is 12.1 Å². The summed E-state index contributed by atoms with van der Waals surface area (Å²) in [5, 5.41) is 21.2. The summed E-state index contributed by atoms with van der Waals surface area (Å²) in [6.45, 7) is 2.48. The SMILES string of the molecule is O=[N+]([O-])c1cccc(OCC(O)CN(Cc2ccco2)CC2CCCO2)c1. The van der Waals surface area contributed by atoms with E-state index in [-0.39, 0.29) is 18.4 Å². The summed E-state index contributed by atoms with van der Waals surface area (Å²) in [5.41, 5.74) is -0.0418. The summed E-state index contributed by atoms with van der Waals surface area (Å²) in [7, 11) is 0. The Morgan fingerprint density at radius 1 is 1.37 bits per heavy atom. The second kappa shape index (κ2) is 9.50. The first-order valence-corrected chi connectivity index (χ1v) is 9.02. The number of benzene rings is 1. The number of nitro groups is 1. The quantitative estimate of drug-likeness (QED) is 0.503. The molecule has 146 valence electrons. The van der Waals surface area contributed by atoms with E-state index < -0.39 is 11.0 Å². The van der Waals surface area contributed by atoms with Gasteiger partial charge in [0.05, 0.1) is 29.9 Å². The van der Waals surface area contributed by atoms with Crippen LogP contribution in [0.2, 0.25) is 0 Å². The van der Waals surface area contributed by atoms with Gasteiger partial charge in [-0.3, -0.25) is 15.0 Å². The van der Waals surface area contributed by atoms with Gasteiger partial charge in [0, 0.05) is 25.8 Å². The molecule has 27 heavy (non-hydrogen) atoms. The van der Waals surface area contributed by atoms with Crippen LogP contribution in [0.4, 0.5) is 5.69 Å². The van der Waals surface area contributed by atoms with E-state index >= 15 is 0 Å². The summed E-state index contributed by atoms with van der Waals surface area (Å²) in [5.74, 6) is 1.18. The molecule has 0 radical (unpaired) electrons. The van der Waals surface area contributed by atoms with E-state index in [2.05, 4.69) is 4.90 Å². The monoisotopic (exact) mass is 376 g/mol. The van der Waals surface area contributed by atoms with Crippen molar-refractivity contribution < 1.29 is 23.9 Å². The third-order valence-electron chi connectivity index (χ3n) is 4.39. The molecule has 1 saturated heterocycles. The molecule has 0 bridgehead atoms. The average Bonchev–Trinajstić information content (AvgIpc) is 3.34. The lowest BCUT2D eigenvalue weighted by Crippen LogP contribution is -2.39. The Kier molecular flexibility index (Phi) is 6.80. The highest BCUT2D eigenvalue weighted by atomic mass is 16.6. The van der Waals surface area contributed by atoms with Crippen molar-refractivity contribution in [2.24, 2.45) is 0 Å². The Labute approximate surface area is 157 Å². The topological polar surface area (TPSA) is 98.2 Å². The molecule has 2 aromatic rings. The number of furan rings is 1. The van der Waals surface area contributed by atoms with Gasteiger partial charge in [-0.2, -0.15) is 0 Å². The molecule has 1 aromatic carbocycles. The van der Waals surface area contributed by atoms with Crippen molar-refractivity contribution in [3.63, 3.8) is 0 Å². The fourth-order valence-corrected chi connectivity index (χ4v) is 3.13. The maximum atomic E-state index is 10.8. The molecule has 2 unspecified atom stereocenters. The van der Waals surface area contributed by atoms with Gasteiger partial charge in [0.25, 0.3) is 5.69 Å². The third-order valence-corrected chi connectivity index (χ3v) is 4.39. The van der Waals surface area contributed by atoms with Crippen LogP contribution in [-0.4, -0.2) is 53.4 Å². The average molecular weight is 376 g/mol. The van der Waals surface area contributed by atoms with Crippen molar-refractivity contribution in [2.45, 2.75) is 31.6 Å². The predicted molar refractivity (Wildman–Crippen MR) is 97.6 cm³/mol. The van der Waals surface area contributed by atoms with E-state index in [1.807, 2.05) is 12.1 Å². The molecule has 0 spiro atoms. The Bertz CT molecular complexity index is 715. The summed E-state index contributed by atoms with van der Waals surface area (Å²) in [6, 6.07) is 9.67. The number of rotatable bonds is 10. The van der Waals surface area contributed by atoms with Gasteiger partial charge < -0.3 is 19.0 Å². The normalized spacial score (nSPS) is 17.9. The number of nitro benzene ring substituents is 1. The number of hydrogen-bond donors (Lipinski definition) is 1. The molecule has 8 nitrogen and oxygen atoms in total. The van der Waals surface area contributed by atoms with Crippen molar-refractivity contribution in [1.82, 2.24) is 4.90 Å². The number of ether oxygens (including phenoxy) is 2. The number of non-ortho nitro benzene ring substituents is 1. The second-order valence-corrected chi connectivity index (χ2v) is 6.63. The van der Waals surface area contributed by atoms with E-state index in [0.717, 1.165) is 25.2 Å². The molecule has 1 fully saturated rings. The van der Waals surface area contributed by atoms with E-state index in [1.54, 1.807) is 18.4 Å². The number of hydrogen-bond acceptors (Lipinski definition) is 7. The highest BCUT2D eigenvalue weighted by Crippen LogP contribution is 2.20. The second-order valence-electron chi connectivity index (χ2n) is 6.63. The zero-order chi connectivity index (χ0) is 19.1. The molecule has 1 N–H and O–H groups in total. The minimum atomic E-state index is -0.749. The van der Waals surface area contributed by atoms with E-state index in [9.17, 15) is 15.2 Å². The summed E-state index contributed by atoms with van der Waals surface area (Å²) >= 11 is 0. The summed E-state index contributed by atoms with van der Waals surface area (Å²) in [6.07, 6.45) is 3.10. The van der Waals surface area contributed by atoms with Gasteiger partial charge in [0.15, 0.2) is 0 Å². The van der Waals surface area contributed by atoms with Gasteiger partial charge in [-0.05, 0) is 31.0 Å². The first-order chi connectivity index (χ1) is 13.1. The van der Waals surface area contributed by atoms with Gasteiger partial charge >= 0.3 is 0 Å². The Morgan fingerprint density at radius 2 is 2.26 bits per heavy atom. The zero-order valence-corrected chi connectivity index (χ0v) is 15.0. The molecule has 8 heteroatoms. The Balaban J connectivity index is 1.53. The molecule has 1 aliphatic rings. The molecule has 0 aliphatic carbocycles. The van der Waals surface area contributed by atoms with Crippen LogP contribution >= 0.6 is 0 Å². The molecule has 3 rings (SSSR count). The first-order valence-electron chi connectivity index (χ1n) is 9.02. The first kappa shape index (κ1) is 19.3. The zero-order valence-electron chi connectivity index (χ0n) is 15.0. The van der Waals surface area contributed by atoms with E-state index in [0.29, 0.717) is 25.4 Å². The molecule has 1 aliphatic heterocycles. The van der Waals surface area contributed by atoms with Crippen LogP contribution in [0.3, 0.4) is 0 Å². The van der Waals surface area contributed by atoms with Crippen LogP contribution in [-0.2, 0) is 11.3 Å². The lowest BCUT2D eigenvalue weighted by atomic mass is 10.2. The highest BCUT2D eigenvalue weighted by Gasteiger charge is 2.22. The van der Waals surface area contributed by atoms with Gasteiger partial charge in [0.2, 0.25) is 0 Å². The van der Waals surface area contributed by atoms with Crippen molar-refractivity contribution in [3.05, 3.63) is 58.5 Å². The lowest BCUT2D eigenvalue weighted by Gasteiger charge is -2.26. The Morgan fingerprint density at radius 3 is 2.96 bits per heavy atom. The summed E-state index contributed by atoms with van der Waals surface area (Å²) in [4.78, 5) is 12.4. The lowest BCUT2D eigenvalue weighted by molar-refractivity contribution is -0.384. The number of aliphatic hydroxyl groups excluding tert-OH is 1. The molecular formula is C19H24N2O6. The molecule has 2 heterocycles. The fraction of sp³-hybridized carbons (Fsp3) is 0.474. The van der Waals surface area contributed by atoms with Crippen LogP contribution in [0.5, 0.6) is 5.75 Å². The van der Waals surface area contributed by atoms with Crippen LogP contribution in [0.25, 0.3) is 0 Å². The van der Waals surface area contributed by atoms with Gasteiger partial charge in [-0.1, -0.05) is 6.07 Å². The molecule has 0 saturated carbocycles. The van der Waals surface area contributed by atoms with Gasteiger partial charge in [-0.15, -0.1) is 0 Å². The number of aliphatic hydroxyl groups is 1. The van der Waals surface area contributed by atoms with Crippen molar-refractivity contribution in [3.8, 4) is 5.75 Å². The molecule has 2 atom stereocenters. The fourth-order valence-electron chi connectivity index (χ4n) is 3.13. The van der Waals surface area contributed by atoms with Crippen molar-refractivity contribution in [2.75, 3.05) is 26.3 Å². The highest BCUT2D eigenvalue weighted by molar-refractivity contribution is 5.37. The minimum Gasteiger partial charge on any atom is -0.491 e. The number of nitrogens with zero attached hydrogens (tertiary/aromatic N) is 2. The molecule has 0 amide bonds. The largest absolute Gasteiger partial charge is 0.491 e. The molecular weight excluding hydrogens is 352 g/mol. The minimum absolute atomic E-state index is 0.0418. The summed E-state index contributed by atoms with van der Waals surface area (Å²) < 4.78 is 16.6. The van der Waals surface area contributed by atoms with Crippen molar-refractivity contribution >= 4 is 5.69 Å².